The Balaban J connectivity index is 2.07. The summed E-state index contributed by atoms with van der Waals surface area (Å²) in [6.45, 7) is 2.62. The molecule has 0 spiro atoms. The first-order valence-corrected chi connectivity index (χ1v) is 9.51. The van der Waals surface area contributed by atoms with Gasteiger partial charge >= 0.3 is 6.18 Å². The van der Waals surface area contributed by atoms with Gasteiger partial charge < -0.3 is 14.8 Å². The monoisotopic (exact) mass is 444 g/mol. The van der Waals surface area contributed by atoms with Gasteiger partial charge in [0.25, 0.3) is 0 Å². The van der Waals surface area contributed by atoms with E-state index in [9.17, 15) is 13.2 Å². The highest BCUT2D eigenvalue weighted by molar-refractivity contribution is 7.11. The molecule has 29 heavy (non-hydrogen) atoms. The van der Waals surface area contributed by atoms with E-state index < -0.39 is 11.7 Å². The minimum atomic E-state index is -4.58. The maximum atomic E-state index is 13.3. The zero-order valence-corrected chi connectivity index (χ0v) is 17.2. The van der Waals surface area contributed by atoms with Crippen LogP contribution in [-0.2, 0) is 6.18 Å². The molecule has 0 atom stereocenters. The van der Waals surface area contributed by atoms with Gasteiger partial charge in [-0.05, 0) is 30.6 Å². The number of nitrogens with one attached hydrogen (secondary N) is 1. The molecular weight excluding hydrogens is 429 g/mol. The molecule has 0 saturated carbocycles. The summed E-state index contributed by atoms with van der Waals surface area (Å²) < 4.78 is 54.3. The third kappa shape index (κ3) is 4.38. The highest BCUT2D eigenvalue weighted by atomic mass is 35.5. The van der Waals surface area contributed by atoms with Gasteiger partial charge in [-0.1, -0.05) is 11.6 Å². The molecule has 2 aromatic carbocycles. The molecule has 0 fully saturated rings. The molecule has 1 heterocycles. The molecule has 1 N–H and O–H groups in total. The normalized spacial score (nSPS) is 12.0. The zero-order chi connectivity index (χ0) is 21.2. The quantitative estimate of drug-likeness (QED) is 0.423. The summed E-state index contributed by atoms with van der Waals surface area (Å²) in [5.41, 5.74) is -0.0545. The van der Waals surface area contributed by atoms with Crippen LogP contribution in [0.4, 0.5) is 29.5 Å². The molecule has 11 heteroatoms. The molecule has 3 aromatic rings. The average molecular weight is 445 g/mol. The Labute approximate surface area is 173 Å². The second kappa shape index (κ2) is 8.42. The Kier molecular flexibility index (Phi) is 6.13. The van der Waals surface area contributed by atoms with E-state index in [-0.39, 0.29) is 20.9 Å². The summed E-state index contributed by atoms with van der Waals surface area (Å²) >= 11 is 6.67. The molecular formula is C18H16ClF3N4O2S. The second-order valence-electron chi connectivity index (χ2n) is 5.79. The lowest BCUT2D eigenvalue weighted by Crippen LogP contribution is -2.05. The lowest BCUT2D eigenvalue weighted by Gasteiger charge is -2.13. The first-order valence-electron chi connectivity index (χ1n) is 8.36. The van der Waals surface area contributed by atoms with Crippen LogP contribution >= 0.6 is 23.1 Å². The highest BCUT2D eigenvalue weighted by Crippen LogP contribution is 2.43. The molecule has 3 rings (SSSR count). The fourth-order valence-electron chi connectivity index (χ4n) is 2.67. The lowest BCUT2D eigenvalue weighted by atomic mass is 10.1. The van der Waals surface area contributed by atoms with E-state index in [2.05, 4.69) is 19.9 Å². The summed E-state index contributed by atoms with van der Waals surface area (Å²) in [5.74, 6) is 0.950. The Morgan fingerprint density at radius 3 is 2.45 bits per heavy atom. The third-order valence-corrected chi connectivity index (χ3v) is 4.92. The number of rotatable bonds is 6. The fourth-order valence-corrected chi connectivity index (χ4v) is 3.60. The van der Waals surface area contributed by atoms with Crippen molar-refractivity contribution in [1.29, 1.82) is 0 Å². The van der Waals surface area contributed by atoms with Crippen LogP contribution < -0.4 is 14.8 Å². The van der Waals surface area contributed by atoms with E-state index in [0.717, 1.165) is 23.3 Å². The van der Waals surface area contributed by atoms with E-state index in [1.165, 1.54) is 20.3 Å². The standard InChI is InChI=1S/C18H16ClF3N4O2S/c1-4-23-12-7-15(28-3)13(8-14(12)27-2)24-25-17-10-5-9(19)6-11(18(20,21)22)16(10)26-29-17/h5-8,23H,4H2,1-3H3. The predicted molar refractivity (Wildman–Crippen MR) is 108 cm³/mol. The van der Waals surface area contributed by atoms with Crippen LogP contribution in [0.15, 0.2) is 34.5 Å². The summed E-state index contributed by atoms with van der Waals surface area (Å²) in [4.78, 5) is 0. The van der Waals surface area contributed by atoms with Gasteiger partial charge in [-0.15, -0.1) is 10.2 Å². The van der Waals surface area contributed by atoms with E-state index in [1.807, 2.05) is 6.92 Å². The van der Waals surface area contributed by atoms with Gasteiger partial charge in [-0.25, -0.2) is 0 Å². The van der Waals surface area contributed by atoms with Crippen molar-refractivity contribution in [3.8, 4) is 11.5 Å². The molecule has 0 aliphatic rings. The van der Waals surface area contributed by atoms with Crippen LogP contribution in [0.25, 0.3) is 10.9 Å². The lowest BCUT2D eigenvalue weighted by molar-refractivity contribution is -0.136. The number of fused-ring (bicyclic) bond motifs is 1. The van der Waals surface area contributed by atoms with Crippen LogP contribution in [0, 0.1) is 0 Å². The number of hydrogen-bond acceptors (Lipinski definition) is 7. The van der Waals surface area contributed by atoms with Crippen LogP contribution in [0.5, 0.6) is 11.5 Å². The summed E-state index contributed by atoms with van der Waals surface area (Å²) in [6.07, 6.45) is -4.58. The van der Waals surface area contributed by atoms with Gasteiger partial charge in [0, 0.05) is 29.1 Å². The highest BCUT2D eigenvalue weighted by Gasteiger charge is 2.34. The summed E-state index contributed by atoms with van der Waals surface area (Å²) in [5, 5.41) is 11.7. The van der Waals surface area contributed by atoms with Crippen molar-refractivity contribution in [2.75, 3.05) is 26.1 Å². The van der Waals surface area contributed by atoms with Crippen molar-refractivity contribution in [3.05, 3.63) is 34.9 Å². The van der Waals surface area contributed by atoms with Crippen molar-refractivity contribution >= 4 is 50.4 Å². The van der Waals surface area contributed by atoms with Gasteiger partial charge in [0.15, 0.2) is 5.00 Å². The largest absolute Gasteiger partial charge is 0.495 e. The molecule has 0 unspecified atom stereocenters. The molecule has 154 valence electrons. The van der Waals surface area contributed by atoms with Crippen molar-refractivity contribution in [2.45, 2.75) is 13.1 Å². The van der Waals surface area contributed by atoms with E-state index in [4.69, 9.17) is 21.1 Å². The predicted octanol–water partition coefficient (Wildman–Crippen LogP) is 6.83. The number of nitrogens with zero attached hydrogens (tertiary/aromatic N) is 3. The van der Waals surface area contributed by atoms with Gasteiger partial charge in [-0.2, -0.15) is 17.5 Å². The molecule has 0 amide bonds. The van der Waals surface area contributed by atoms with Gasteiger partial charge in [0.05, 0.1) is 31.0 Å². The Bertz CT molecular complexity index is 1070. The number of alkyl halides is 3. The van der Waals surface area contributed by atoms with Gasteiger partial charge in [-0.3, -0.25) is 0 Å². The zero-order valence-electron chi connectivity index (χ0n) is 15.6. The van der Waals surface area contributed by atoms with Gasteiger partial charge in [0.1, 0.15) is 17.2 Å². The number of azo groups is 1. The number of halogens is 4. The molecule has 1 aromatic heterocycles. The molecule has 0 aliphatic carbocycles. The fraction of sp³-hybridized carbons (Fsp3) is 0.278. The van der Waals surface area contributed by atoms with Crippen molar-refractivity contribution in [3.63, 3.8) is 0 Å². The summed E-state index contributed by atoms with van der Waals surface area (Å²) in [6, 6.07) is 5.56. The van der Waals surface area contributed by atoms with E-state index in [1.54, 1.807) is 12.1 Å². The minimum Gasteiger partial charge on any atom is -0.495 e. The van der Waals surface area contributed by atoms with Crippen molar-refractivity contribution in [2.24, 2.45) is 10.2 Å². The Morgan fingerprint density at radius 2 is 1.83 bits per heavy atom. The first kappa shape index (κ1) is 21.1. The average Bonchev–Trinajstić information content (AvgIpc) is 3.07. The Hall–Kier alpha value is -2.59. The topological polar surface area (TPSA) is 68.1 Å². The van der Waals surface area contributed by atoms with E-state index in [0.29, 0.717) is 23.7 Å². The SMILES string of the molecule is CCNc1cc(OC)c(N=Nc2snc3c(C(F)(F)F)cc(Cl)cc23)cc1OC. The number of benzene rings is 2. The number of hydrogen-bond donors (Lipinski definition) is 1. The van der Waals surface area contributed by atoms with Crippen molar-refractivity contribution < 1.29 is 22.6 Å². The molecule has 0 saturated heterocycles. The number of anilines is 1. The Morgan fingerprint density at radius 1 is 1.10 bits per heavy atom. The van der Waals surface area contributed by atoms with Crippen LogP contribution in [-0.4, -0.2) is 25.1 Å². The molecule has 0 bridgehead atoms. The summed E-state index contributed by atoms with van der Waals surface area (Å²) in [7, 11) is 3.00. The van der Waals surface area contributed by atoms with Crippen LogP contribution in [0.2, 0.25) is 5.02 Å². The molecule has 0 radical (unpaired) electrons. The number of aromatic nitrogens is 1. The maximum absolute atomic E-state index is 13.3. The van der Waals surface area contributed by atoms with Crippen LogP contribution in [0.1, 0.15) is 12.5 Å². The maximum Gasteiger partial charge on any atom is 0.418 e. The van der Waals surface area contributed by atoms with Crippen LogP contribution in [0.3, 0.4) is 0 Å². The minimum absolute atomic E-state index is 0.0595. The van der Waals surface area contributed by atoms with Gasteiger partial charge in [0.2, 0.25) is 0 Å². The van der Waals surface area contributed by atoms with E-state index >= 15 is 0 Å². The molecule has 0 aliphatic heterocycles. The molecule has 6 nitrogen and oxygen atoms in total. The van der Waals surface area contributed by atoms with Crippen molar-refractivity contribution in [1.82, 2.24) is 4.37 Å². The first-order chi connectivity index (χ1) is 13.8. The number of methoxy groups -OCH3 is 2. The number of ether oxygens (including phenoxy) is 2. The smallest absolute Gasteiger partial charge is 0.418 e. The third-order valence-electron chi connectivity index (χ3n) is 3.95. The second-order valence-corrected chi connectivity index (χ2v) is 6.98.